The maximum atomic E-state index is 13.5. The Kier molecular flexibility index (Phi) is 5.16. The quantitative estimate of drug-likeness (QED) is 0.511. The highest BCUT2D eigenvalue weighted by molar-refractivity contribution is 7.99. The van der Waals surface area contributed by atoms with Crippen molar-refractivity contribution >= 4 is 39.2 Å². The van der Waals surface area contributed by atoms with Crippen molar-refractivity contribution in [2.75, 3.05) is 12.9 Å². The van der Waals surface area contributed by atoms with Gasteiger partial charge < -0.3 is 10.5 Å². The molecular formula is C20H21N3O3S2. The molecule has 8 heteroatoms. The molecule has 6 nitrogen and oxygen atoms in total. The molecule has 4 rings (SSSR count). The fourth-order valence-corrected chi connectivity index (χ4v) is 5.74. The summed E-state index contributed by atoms with van der Waals surface area (Å²) >= 11 is 2.79. The van der Waals surface area contributed by atoms with Crippen LogP contribution < -0.4 is 16.0 Å². The van der Waals surface area contributed by atoms with Crippen LogP contribution in [0.3, 0.4) is 0 Å². The summed E-state index contributed by atoms with van der Waals surface area (Å²) < 4.78 is 6.80. The molecule has 2 N–H and O–H groups in total. The number of carbonyl (C=O) groups is 1. The Hall–Kier alpha value is -2.32. The lowest BCUT2D eigenvalue weighted by atomic mass is 9.89. The lowest BCUT2D eigenvalue weighted by Gasteiger charge is -2.17. The van der Waals surface area contributed by atoms with E-state index in [4.69, 9.17) is 15.5 Å². The van der Waals surface area contributed by atoms with Crippen LogP contribution >= 0.6 is 23.1 Å². The highest BCUT2D eigenvalue weighted by atomic mass is 32.2. The molecule has 0 radical (unpaired) electrons. The molecule has 0 saturated heterocycles. The zero-order valence-electron chi connectivity index (χ0n) is 15.7. The third-order valence-electron chi connectivity index (χ3n) is 4.97. The van der Waals surface area contributed by atoms with Crippen molar-refractivity contribution < 1.29 is 9.53 Å². The average molecular weight is 416 g/mol. The number of carbonyl (C=O) groups excluding carboxylic acids is 1. The third-order valence-corrected chi connectivity index (χ3v) is 7.08. The highest BCUT2D eigenvalue weighted by Crippen LogP contribution is 2.37. The van der Waals surface area contributed by atoms with Crippen LogP contribution in [0.25, 0.3) is 15.9 Å². The van der Waals surface area contributed by atoms with Gasteiger partial charge in [-0.05, 0) is 55.0 Å². The Labute approximate surface area is 170 Å². The number of rotatable bonds is 5. The van der Waals surface area contributed by atoms with Gasteiger partial charge in [-0.2, -0.15) is 0 Å². The minimum atomic E-state index is -0.445. The number of benzene rings is 1. The van der Waals surface area contributed by atoms with E-state index in [0.717, 1.165) is 29.7 Å². The standard InChI is InChI=1S/C20H21N3O3S2/c1-11-3-8-14-15(9-11)28-18-17(14)19(25)23(20(22-18)27-10-16(21)24)12-4-6-13(26-2)7-5-12/h4-7,11H,3,8-10H2,1-2H3,(H2,21,24). The van der Waals surface area contributed by atoms with E-state index in [-0.39, 0.29) is 11.3 Å². The van der Waals surface area contributed by atoms with Gasteiger partial charge in [0.25, 0.3) is 5.56 Å². The van der Waals surface area contributed by atoms with Gasteiger partial charge in [-0.15, -0.1) is 11.3 Å². The van der Waals surface area contributed by atoms with Gasteiger partial charge in [-0.1, -0.05) is 18.7 Å². The zero-order valence-corrected chi connectivity index (χ0v) is 17.4. The Morgan fingerprint density at radius 1 is 1.39 bits per heavy atom. The van der Waals surface area contributed by atoms with Gasteiger partial charge in [0.2, 0.25) is 5.91 Å². The second-order valence-electron chi connectivity index (χ2n) is 7.02. The largest absolute Gasteiger partial charge is 0.497 e. The van der Waals surface area contributed by atoms with Crippen LogP contribution in [-0.2, 0) is 17.6 Å². The Morgan fingerprint density at radius 2 is 2.14 bits per heavy atom. The molecule has 146 valence electrons. The molecule has 0 saturated carbocycles. The number of aromatic nitrogens is 2. The van der Waals surface area contributed by atoms with Crippen molar-refractivity contribution in [1.82, 2.24) is 9.55 Å². The van der Waals surface area contributed by atoms with E-state index in [2.05, 4.69) is 6.92 Å². The van der Waals surface area contributed by atoms with Crippen LogP contribution in [0.15, 0.2) is 34.2 Å². The number of nitrogens with two attached hydrogens (primary N) is 1. The number of thioether (sulfide) groups is 1. The SMILES string of the molecule is COc1ccc(-n2c(SCC(N)=O)nc3sc4c(c3c2=O)CCC(C)C4)cc1. The number of primary amides is 1. The van der Waals surface area contributed by atoms with Crippen molar-refractivity contribution in [3.05, 3.63) is 45.1 Å². The third kappa shape index (κ3) is 3.42. The molecule has 1 aliphatic rings. The van der Waals surface area contributed by atoms with E-state index < -0.39 is 5.91 Å². The van der Waals surface area contributed by atoms with Gasteiger partial charge in [-0.25, -0.2) is 4.98 Å². The number of nitrogens with zero attached hydrogens (tertiary/aromatic N) is 2. The predicted octanol–water partition coefficient (Wildman–Crippen LogP) is 3.16. The minimum Gasteiger partial charge on any atom is -0.497 e. The molecular weight excluding hydrogens is 394 g/mol. The summed E-state index contributed by atoms with van der Waals surface area (Å²) in [5, 5.41) is 1.19. The lowest BCUT2D eigenvalue weighted by Crippen LogP contribution is -2.23. The van der Waals surface area contributed by atoms with Crippen LogP contribution in [0.1, 0.15) is 23.8 Å². The Bertz CT molecular complexity index is 1100. The van der Waals surface area contributed by atoms with Gasteiger partial charge in [0.15, 0.2) is 5.16 Å². The summed E-state index contributed by atoms with van der Waals surface area (Å²) in [7, 11) is 1.60. The lowest BCUT2D eigenvalue weighted by molar-refractivity contribution is -0.115. The summed E-state index contributed by atoms with van der Waals surface area (Å²) in [6.45, 7) is 2.24. The summed E-state index contributed by atoms with van der Waals surface area (Å²) in [5.41, 5.74) is 7.07. The van der Waals surface area contributed by atoms with Crippen LogP contribution in [0.4, 0.5) is 0 Å². The van der Waals surface area contributed by atoms with Crippen LogP contribution in [0, 0.1) is 5.92 Å². The van der Waals surface area contributed by atoms with Crippen molar-refractivity contribution in [1.29, 1.82) is 0 Å². The van der Waals surface area contributed by atoms with Crippen molar-refractivity contribution in [2.24, 2.45) is 11.7 Å². The molecule has 3 aromatic rings. The first-order valence-electron chi connectivity index (χ1n) is 9.10. The van der Waals surface area contributed by atoms with Gasteiger partial charge in [-0.3, -0.25) is 14.2 Å². The Balaban J connectivity index is 1.93. The first-order valence-corrected chi connectivity index (χ1v) is 10.9. The molecule has 28 heavy (non-hydrogen) atoms. The molecule has 1 aliphatic carbocycles. The number of hydrogen-bond donors (Lipinski definition) is 1. The molecule has 0 spiro atoms. The van der Waals surface area contributed by atoms with Crippen molar-refractivity contribution in [3.8, 4) is 11.4 Å². The fraction of sp³-hybridized carbons (Fsp3) is 0.350. The van der Waals surface area contributed by atoms with E-state index in [9.17, 15) is 9.59 Å². The number of amides is 1. The molecule has 0 fully saturated rings. The van der Waals surface area contributed by atoms with Crippen molar-refractivity contribution in [2.45, 2.75) is 31.3 Å². The van der Waals surface area contributed by atoms with Crippen LogP contribution in [0.5, 0.6) is 5.75 Å². The maximum absolute atomic E-state index is 13.5. The summed E-state index contributed by atoms with van der Waals surface area (Å²) in [6, 6.07) is 7.25. The maximum Gasteiger partial charge on any atom is 0.267 e. The van der Waals surface area contributed by atoms with Gasteiger partial charge in [0.05, 0.1) is 23.9 Å². The second kappa shape index (κ2) is 7.60. The summed E-state index contributed by atoms with van der Waals surface area (Å²) in [5.74, 6) is 0.947. The molecule has 0 aliphatic heterocycles. The second-order valence-corrected chi connectivity index (χ2v) is 9.05. The van der Waals surface area contributed by atoms with Gasteiger partial charge >= 0.3 is 0 Å². The molecule has 1 unspecified atom stereocenters. The van der Waals surface area contributed by atoms with E-state index in [0.29, 0.717) is 27.9 Å². The molecule has 2 aromatic heterocycles. The molecule has 1 aromatic carbocycles. The number of hydrogen-bond acceptors (Lipinski definition) is 6. The van der Waals surface area contributed by atoms with Crippen molar-refractivity contribution in [3.63, 3.8) is 0 Å². The first-order chi connectivity index (χ1) is 13.5. The highest BCUT2D eigenvalue weighted by Gasteiger charge is 2.25. The van der Waals surface area contributed by atoms with Crippen LogP contribution in [-0.4, -0.2) is 28.3 Å². The number of ether oxygens (including phenoxy) is 1. The molecule has 0 bridgehead atoms. The molecule has 2 heterocycles. The van der Waals surface area contributed by atoms with E-state index in [1.165, 1.54) is 16.6 Å². The number of methoxy groups -OCH3 is 1. The fourth-order valence-electron chi connectivity index (χ4n) is 3.56. The normalized spacial score (nSPS) is 16.1. The topological polar surface area (TPSA) is 87.2 Å². The van der Waals surface area contributed by atoms with E-state index >= 15 is 0 Å². The summed E-state index contributed by atoms with van der Waals surface area (Å²) in [6.07, 6.45) is 2.98. The monoisotopic (exact) mass is 415 g/mol. The number of fused-ring (bicyclic) bond motifs is 3. The van der Waals surface area contributed by atoms with Gasteiger partial charge in [0.1, 0.15) is 10.6 Å². The van der Waals surface area contributed by atoms with Crippen LogP contribution in [0.2, 0.25) is 0 Å². The zero-order chi connectivity index (χ0) is 19.8. The Morgan fingerprint density at radius 3 is 2.82 bits per heavy atom. The molecule has 1 atom stereocenters. The smallest absolute Gasteiger partial charge is 0.267 e. The van der Waals surface area contributed by atoms with Gasteiger partial charge in [0, 0.05) is 4.88 Å². The minimum absolute atomic E-state index is 0.0657. The van der Waals surface area contributed by atoms with E-state index in [1.54, 1.807) is 35.1 Å². The number of aryl methyl sites for hydroxylation is 1. The van der Waals surface area contributed by atoms with E-state index in [1.807, 2.05) is 12.1 Å². The predicted molar refractivity (Wildman–Crippen MR) is 113 cm³/mol. The molecule has 1 amide bonds. The first kappa shape index (κ1) is 19.0. The average Bonchev–Trinajstić information content (AvgIpc) is 3.04. The summed E-state index contributed by atoms with van der Waals surface area (Å²) in [4.78, 5) is 31.6. The number of thiophene rings is 1.